The predicted molar refractivity (Wildman–Crippen MR) is 58.2 cm³/mol. The summed E-state index contributed by atoms with van der Waals surface area (Å²) >= 11 is 0. The Hall–Kier alpha value is -1.25. The van der Waals surface area contributed by atoms with Gasteiger partial charge in [-0.2, -0.15) is 0 Å². The number of nitrogens with one attached hydrogen (secondary N) is 1. The first-order chi connectivity index (χ1) is 6.65. The van der Waals surface area contributed by atoms with E-state index < -0.39 is 0 Å². The van der Waals surface area contributed by atoms with Crippen molar-refractivity contribution in [1.82, 2.24) is 5.32 Å². The van der Waals surface area contributed by atoms with Gasteiger partial charge in [-0.25, -0.2) is 4.79 Å². The van der Waals surface area contributed by atoms with Crippen LogP contribution < -0.4 is 5.32 Å². The van der Waals surface area contributed by atoms with Gasteiger partial charge in [0, 0.05) is 0 Å². The molecule has 1 amide bonds. The minimum atomic E-state index is -0.365. The number of carbonyl (C=O) groups excluding carboxylic acids is 1. The molecular formula is C11H19NO2. The van der Waals surface area contributed by atoms with E-state index in [9.17, 15) is 4.79 Å². The molecule has 3 heteroatoms. The van der Waals surface area contributed by atoms with Crippen LogP contribution in [-0.2, 0) is 4.74 Å². The van der Waals surface area contributed by atoms with Crippen molar-refractivity contribution in [1.29, 1.82) is 0 Å². The van der Waals surface area contributed by atoms with Crippen molar-refractivity contribution in [3.63, 3.8) is 0 Å². The molecule has 0 saturated heterocycles. The average molecular weight is 197 g/mol. The first-order valence-corrected chi connectivity index (χ1v) is 4.88. The highest BCUT2D eigenvalue weighted by Crippen LogP contribution is 2.05. The van der Waals surface area contributed by atoms with Crippen LogP contribution >= 0.6 is 0 Å². The van der Waals surface area contributed by atoms with E-state index in [1.165, 1.54) is 0 Å². The monoisotopic (exact) mass is 197 g/mol. The van der Waals surface area contributed by atoms with Crippen LogP contribution in [0.3, 0.4) is 0 Å². The first-order valence-electron chi connectivity index (χ1n) is 4.88. The van der Waals surface area contributed by atoms with Gasteiger partial charge in [0.15, 0.2) is 0 Å². The largest absolute Gasteiger partial charge is 0.450 e. The highest BCUT2D eigenvalue weighted by molar-refractivity contribution is 5.68. The van der Waals surface area contributed by atoms with Crippen molar-refractivity contribution in [2.45, 2.75) is 33.2 Å². The Kier molecular flexibility index (Phi) is 6.54. The van der Waals surface area contributed by atoms with Gasteiger partial charge < -0.3 is 10.1 Å². The van der Waals surface area contributed by atoms with Gasteiger partial charge in [-0.05, 0) is 20.3 Å². The van der Waals surface area contributed by atoms with E-state index in [0.717, 1.165) is 12.0 Å². The number of alkyl carbamates (subject to hydrolysis) is 1. The molecule has 0 heterocycles. The number of rotatable bonds is 5. The lowest BCUT2D eigenvalue weighted by Crippen LogP contribution is -2.35. The Morgan fingerprint density at radius 1 is 1.57 bits per heavy atom. The summed E-state index contributed by atoms with van der Waals surface area (Å²) in [5.74, 6) is 0. The van der Waals surface area contributed by atoms with Gasteiger partial charge in [0.1, 0.15) is 0 Å². The van der Waals surface area contributed by atoms with E-state index in [4.69, 9.17) is 4.74 Å². The Bertz CT molecular complexity index is 221. The van der Waals surface area contributed by atoms with Crippen molar-refractivity contribution in [3.8, 4) is 0 Å². The second kappa shape index (κ2) is 7.18. The molecule has 80 valence electrons. The van der Waals surface area contributed by atoms with Crippen LogP contribution in [0.2, 0.25) is 0 Å². The summed E-state index contributed by atoms with van der Waals surface area (Å²) in [4.78, 5) is 11.1. The third-order valence-electron chi connectivity index (χ3n) is 1.91. The fourth-order valence-electron chi connectivity index (χ4n) is 1.15. The van der Waals surface area contributed by atoms with Gasteiger partial charge in [0.25, 0.3) is 0 Å². The smallest absolute Gasteiger partial charge is 0.407 e. The van der Waals surface area contributed by atoms with Crippen LogP contribution in [0.25, 0.3) is 0 Å². The summed E-state index contributed by atoms with van der Waals surface area (Å²) in [7, 11) is 0. The van der Waals surface area contributed by atoms with Crippen molar-refractivity contribution in [2.75, 3.05) is 6.61 Å². The van der Waals surface area contributed by atoms with Crippen LogP contribution in [0.5, 0.6) is 0 Å². The molecule has 0 aliphatic carbocycles. The minimum absolute atomic E-state index is 0.0343. The summed E-state index contributed by atoms with van der Waals surface area (Å²) in [5.41, 5.74) is 1.08. The van der Waals surface area contributed by atoms with E-state index in [0.29, 0.717) is 6.61 Å². The summed E-state index contributed by atoms with van der Waals surface area (Å²) in [6, 6.07) is 0.0343. The van der Waals surface area contributed by atoms with Crippen LogP contribution in [0.1, 0.15) is 27.2 Å². The summed E-state index contributed by atoms with van der Waals surface area (Å²) in [6.45, 7) is 9.76. The fraction of sp³-hybridized carbons (Fsp3) is 0.545. The van der Waals surface area contributed by atoms with E-state index in [2.05, 4.69) is 11.9 Å². The number of allylic oxidation sites excluding steroid dienone is 2. The molecule has 3 nitrogen and oxygen atoms in total. The number of ether oxygens (including phenoxy) is 1. The molecule has 0 aliphatic rings. The number of carbonyl (C=O) groups is 1. The number of hydrogen-bond acceptors (Lipinski definition) is 2. The van der Waals surface area contributed by atoms with E-state index in [-0.39, 0.29) is 12.1 Å². The lowest BCUT2D eigenvalue weighted by Gasteiger charge is -2.16. The highest BCUT2D eigenvalue weighted by atomic mass is 16.5. The van der Waals surface area contributed by atoms with Gasteiger partial charge in [-0.3, -0.25) is 0 Å². The van der Waals surface area contributed by atoms with Gasteiger partial charge >= 0.3 is 6.09 Å². The second-order valence-electron chi connectivity index (χ2n) is 2.97. The molecule has 14 heavy (non-hydrogen) atoms. The summed E-state index contributed by atoms with van der Waals surface area (Å²) < 4.78 is 4.80. The van der Waals surface area contributed by atoms with Crippen LogP contribution in [0.4, 0.5) is 4.79 Å². The van der Waals surface area contributed by atoms with E-state index in [1.807, 2.05) is 19.9 Å². The molecule has 0 saturated carbocycles. The maximum absolute atomic E-state index is 11.1. The molecule has 0 aliphatic heterocycles. The molecule has 0 aromatic rings. The molecule has 0 fully saturated rings. The third kappa shape index (κ3) is 4.70. The Morgan fingerprint density at radius 3 is 2.64 bits per heavy atom. The average Bonchev–Trinajstić information content (AvgIpc) is 2.15. The molecule has 1 atom stereocenters. The topological polar surface area (TPSA) is 38.3 Å². The van der Waals surface area contributed by atoms with Crippen LogP contribution in [0.15, 0.2) is 24.3 Å². The quantitative estimate of drug-likeness (QED) is 0.688. The zero-order chi connectivity index (χ0) is 11.0. The van der Waals surface area contributed by atoms with Gasteiger partial charge in [-0.1, -0.05) is 31.2 Å². The van der Waals surface area contributed by atoms with Crippen molar-refractivity contribution >= 4 is 6.09 Å². The number of hydrogen-bond donors (Lipinski definition) is 1. The minimum Gasteiger partial charge on any atom is -0.450 e. The highest BCUT2D eigenvalue weighted by Gasteiger charge is 2.11. The Balaban J connectivity index is 4.21. The normalized spacial score (nSPS) is 13.2. The molecule has 0 radical (unpaired) electrons. The molecular weight excluding hydrogens is 178 g/mol. The molecule has 0 spiro atoms. The molecule has 0 aromatic heterocycles. The van der Waals surface area contributed by atoms with Gasteiger partial charge in [-0.15, -0.1) is 0 Å². The molecule has 0 aromatic carbocycles. The summed E-state index contributed by atoms with van der Waals surface area (Å²) in [6.07, 6.45) is 4.08. The lowest BCUT2D eigenvalue weighted by atomic mass is 10.1. The molecule has 1 unspecified atom stereocenters. The van der Waals surface area contributed by atoms with Crippen molar-refractivity contribution in [3.05, 3.63) is 24.3 Å². The molecule has 0 rings (SSSR count). The van der Waals surface area contributed by atoms with Crippen LogP contribution in [0, 0.1) is 0 Å². The van der Waals surface area contributed by atoms with Gasteiger partial charge in [0.2, 0.25) is 0 Å². The number of amides is 1. The fourth-order valence-corrected chi connectivity index (χ4v) is 1.15. The maximum Gasteiger partial charge on any atom is 0.407 e. The zero-order valence-electron chi connectivity index (χ0n) is 9.17. The SMILES string of the molecule is C=CC=C(C)C(CC)NC(=O)OCC. The van der Waals surface area contributed by atoms with Crippen molar-refractivity contribution in [2.24, 2.45) is 0 Å². The standard InChI is InChI=1S/C11H19NO2/c1-5-8-9(4)10(6-2)12-11(13)14-7-3/h5,8,10H,1,6-7H2,2-4H3,(H,12,13). The first kappa shape index (κ1) is 12.8. The second-order valence-corrected chi connectivity index (χ2v) is 2.97. The Labute approximate surface area is 85.8 Å². The summed E-state index contributed by atoms with van der Waals surface area (Å²) in [5, 5.41) is 2.77. The maximum atomic E-state index is 11.1. The molecule has 1 N–H and O–H groups in total. The third-order valence-corrected chi connectivity index (χ3v) is 1.91. The molecule has 0 bridgehead atoms. The Morgan fingerprint density at radius 2 is 2.21 bits per heavy atom. The lowest BCUT2D eigenvalue weighted by molar-refractivity contribution is 0.149. The van der Waals surface area contributed by atoms with Gasteiger partial charge in [0.05, 0.1) is 12.6 Å². The van der Waals surface area contributed by atoms with Crippen LogP contribution in [-0.4, -0.2) is 18.7 Å². The predicted octanol–water partition coefficient (Wildman–Crippen LogP) is 2.64. The van der Waals surface area contributed by atoms with E-state index in [1.54, 1.807) is 13.0 Å². The van der Waals surface area contributed by atoms with Crippen molar-refractivity contribution < 1.29 is 9.53 Å². The zero-order valence-corrected chi connectivity index (χ0v) is 9.17. The van der Waals surface area contributed by atoms with E-state index >= 15 is 0 Å².